The minimum atomic E-state index is -4.01. The molecule has 0 aliphatic rings. The average molecular weight is 347 g/mol. The molecule has 1 heterocycles. The lowest BCUT2D eigenvalue weighted by atomic mass is 10.3. The maximum absolute atomic E-state index is 12.2. The third kappa shape index (κ3) is 3.44. The Hall–Kier alpha value is -1.83. The van der Waals surface area contributed by atoms with Gasteiger partial charge in [-0.2, -0.15) is 0 Å². The molecule has 0 aliphatic carbocycles. The van der Waals surface area contributed by atoms with Gasteiger partial charge < -0.3 is 5.11 Å². The van der Waals surface area contributed by atoms with Gasteiger partial charge in [-0.1, -0.05) is 23.2 Å². The predicted octanol–water partition coefficient (Wildman–Crippen LogP) is 2.89. The molecule has 2 aromatic rings. The monoisotopic (exact) mass is 346 g/mol. The van der Waals surface area contributed by atoms with Crippen LogP contribution < -0.4 is 4.72 Å². The van der Waals surface area contributed by atoms with Gasteiger partial charge in [-0.25, -0.2) is 18.2 Å². The first-order chi connectivity index (χ1) is 9.81. The number of carboxylic acids is 1. The molecule has 0 fully saturated rings. The normalized spacial score (nSPS) is 11.1. The second-order valence-electron chi connectivity index (χ2n) is 3.89. The quantitative estimate of drug-likeness (QED) is 0.887. The van der Waals surface area contributed by atoms with Gasteiger partial charge in [0.1, 0.15) is 0 Å². The van der Waals surface area contributed by atoms with Crippen molar-refractivity contribution < 1.29 is 18.3 Å². The highest BCUT2D eigenvalue weighted by molar-refractivity contribution is 7.92. The number of nitrogens with one attached hydrogen (secondary N) is 1. The van der Waals surface area contributed by atoms with Gasteiger partial charge in [0.25, 0.3) is 10.0 Å². The molecule has 1 aromatic carbocycles. The highest BCUT2D eigenvalue weighted by Gasteiger charge is 2.19. The van der Waals surface area contributed by atoms with Crippen LogP contribution in [0.15, 0.2) is 41.4 Å². The van der Waals surface area contributed by atoms with Crippen LogP contribution in [0.5, 0.6) is 0 Å². The number of nitrogens with zero attached hydrogens (tertiary/aromatic N) is 1. The van der Waals surface area contributed by atoms with Crippen molar-refractivity contribution in [3.05, 3.63) is 52.3 Å². The molecule has 0 bridgehead atoms. The SMILES string of the molecule is O=C(O)c1ncccc1NS(=O)(=O)c1ccc(Cl)c(Cl)c1. The summed E-state index contributed by atoms with van der Waals surface area (Å²) in [5.74, 6) is -1.34. The van der Waals surface area contributed by atoms with Gasteiger partial charge >= 0.3 is 5.97 Å². The Morgan fingerprint density at radius 3 is 2.52 bits per heavy atom. The van der Waals surface area contributed by atoms with Crippen molar-refractivity contribution in [2.24, 2.45) is 0 Å². The van der Waals surface area contributed by atoms with E-state index in [9.17, 15) is 13.2 Å². The number of aromatic nitrogens is 1. The number of rotatable bonds is 4. The van der Waals surface area contributed by atoms with Crippen molar-refractivity contribution in [3.63, 3.8) is 0 Å². The zero-order valence-electron chi connectivity index (χ0n) is 10.2. The second kappa shape index (κ2) is 5.88. The van der Waals surface area contributed by atoms with E-state index >= 15 is 0 Å². The fourth-order valence-electron chi connectivity index (χ4n) is 1.51. The summed E-state index contributed by atoms with van der Waals surface area (Å²) in [5.41, 5.74) is -0.544. The number of benzene rings is 1. The van der Waals surface area contributed by atoms with E-state index in [2.05, 4.69) is 9.71 Å². The summed E-state index contributed by atoms with van der Waals surface area (Å²) in [6.07, 6.45) is 1.25. The molecule has 2 N–H and O–H groups in total. The third-order valence-electron chi connectivity index (χ3n) is 2.46. The lowest BCUT2D eigenvalue weighted by Crippen LogP contribution is -2.16. The summed E-state index contributed by atoms with van der Waals surface area (Å²) in [6, 6.07) is 6.47. The van der Waals surface area contributed by atoms with Crippen LogP contribution in [0.4, 0.5) is 5.69 Å². The van der Waals surface area contributed by atoms with Gasteiger partial charge in [-0.3, -0.25) is 4.72 Å². The molecule has 9 heteroatoms. The van der Waals surface area contributed by atoms with Crippen LogP contribution in [0.25, 0.3) is 0 Å². The van der Waals surface area contributed by atoms with E-state index in [-0.39, 0.29) is 20.6 Å². The van der Waals surface area contributed by atoms with Crippen LogP contribution in [0.3, 0.4) is 0 Å². The number of carboxylic acid groups (broad SMARTS) is 1. The Kier molecular flexibility index (Phi) is 4.36. The molecule has 0 amide bonds. The molecular weight excluding hydrogens is 339 g/mol. The highest BCUT2D eigenvalue weighted by atomic mass is 35.5. The Morgan fingerprint density at radius 1 is 1.19 bits per heavy atom. The van der Waals surface area contributed by atoms with Crippen molar-refractivity contribution in [1.82, 2.24) is 4.98 Å². The van der Waals surface area contributed by atoms with Gasteiger partial charge in [-0.15, -0.1) is 0 Å². The molecule has 0 unspecified atom stereocenters. The third-order valence-corrected chi connectivity index (χ3v) is 4.56. The van der Waals surface area contributed by atoms with Crippen molar-refractivity contribution in [1.29, 1.82) is 0 Å². The second-order valence-corrected chi connectivity index (χ2v) is 6.38. The molecule has 0 aliphatic heterocycles. The molecule has 0 radical (unpaired) electrons. The van der Waals surface area contributed by atoms with Crippen molar-refractivity contribution >= 4 is 44.9 Å². The largest absolute Gasteiger partial charge is 0.476 e. The van der Waals surface area contributed by atoms with Gasteiger partial charge in [-0.05, 0) is 30.3 Å². The van der Waals surface area contributed by atoms with E-state index in [1.807, 2.05) is 0 Å². The number of halogens is 2. The molecule has 21 heavy (non-hydrogen) atoms. The minimum Gasteiger partial charge on any atom is -0.476 e. The summed E-state index contributed by atoms with van der Waals surface area (Å²) in [7, 11) is -4.01. The summed E-state index contributed by atoms with van der Waals surface area (Å²) < 4.78 is 26.6. The number of pyridine rings is 1. The van der Waals surface area contributed by atoms with Crippen LogP contribution in [-0.2, 0) is 10.0 Å². The standard InChI is InChI=1S/C12H8Cl2N2O4S/c13-8-4-3-7(6-9(8)14)21(19,20)16-10-2-1-5-15-11(10)12(17)18/h1-6,16H,(H,17,18). The Morgan fingerprint density at radius 2 is 1.90 bits per heavy atom. The van der Waals surface area contributed by atoms with Gasteiger partial charge in [0, 0.05) is 6.20 Å². The number of hydrogen-bond donors (Lipinski definition) is 2. The first-order valence-electron chi connectivity index (χ1n) is 5.47. The first-order valence-corrected chi connectivity index (χ1v) is 7.71. The predicted molar refractivity (Wildman–Crippen MR) is 78.5 cm³/mol. The number of carbonyl (C=O) groups is 1. The zero-order chi connectivity index (χ0) is 15.6. The van der Waals surface area contributed by atoms with Crippen LogP contribution in [0, 0.1) is 0 Å². The topological polar surface area (TPSA) is 96.4 Å². The van der Waals surface area contributed by atoms with Crippen molar-refractivity contribution in [3.8, 4) is 0 Å². The van der Waals surface area contributed by atoms with Crippen LogP contribution in [0.1, 0.15) is 10.5 Å². The average Bonchev–Trinajstić information content (AvgIpc) is 2.41. The molecule has 2 rings (SSSR count). The maximum atomic E-state index is 12.2. The lowest BCUT2D eigenvalue weighted by molar-refractivity contribution is 0.0692. The summed E-state index contributed by atoms with van der Waals surface area (Å²) in [4.78, 5) is 14.5. The number of aromatic carboxylic acids is 1. The van der Waals surface area contributed by atoms with Gasteiger partial charge in [0.15, 0.2) is 5.69 Å². The van der Waals surface area contributed by atoms with Crippen molar-refractivity contribution in [2.75, 3.05) is 4.72 Å². The Bertz CT molecular complexity index is 809. The van der Waals surface area contributed by atoms with Gasteiger partial charge in [0.05, 0.1) is 20.6 Å². The molecule has 0 spiro atoms. The molecule has 0 saturated heterocycles. The molecular formula is C12H8Cl2N2O4S. The highest BCUT2D eigenvalue weighted by Crippen LogP contribution is 2.26. The fourth-order valence-corrected chi connectivity index (χ4v) is 2.96. The summed E-state index contributed by atoms with van der Waals surface area (Å²) in [6.45, 7) is 0. The first kappa shape index (κ1) is 15.6. The van der Waals surface area contributed by atoms with Crippen LogP contribution >= 0.6 is 23.2 Å². The smallest absolute Gasteiger partial charge is 0.356 e. The molecule has 110 valence electrons. The van der Waals surface area contributed by atoms with E-state index in [1.165, 1.54) is 36.5 Å². The molecule has 0 saturated carbocycles. The van der Waals surface area contributed by atoms with Crippen LogP contribution in [-0.4, -0.2) is 24.5 Å². The van der Waals surface area contributed by atoms with Crippen molar-refractivity contribution in [2.45, 2.75) is 4.90 Å². The summed E-state index contributed by atoms with van der Waals surface area (Å²) in [5, 5.41) is 9.26. The van der Waals surface area contributed by atoms with E-state index in [4.69, 9.17) is 28.3 Å². The fraction of sp³-hybridized carbons (Fsp3) is 0. The van der Waals surface area contributed by atoms with E-state index in [1.54, 1.807) is 0 Å². The molecule has 1 aromatic heterocycles. The van der Waals surface area contributed by atoms with Gasteiger partial charge in [0.2, 0.25) is 0 Å². The van der Waals surface area contributed by atoms with Crippen LogP contribution in [0.2, 0.25) is 10.0 Å². The molecule has 6 nitrogen and oxygen atoms in total. The number of hydrogen-bond acceptors (Lipinski definition) is 4. The van der Waals surface area contributed by atoms with E-state index in [0.29, 0.717) is 0 Å². The Labute approximate surface area is 130 Å². The summed E-state index contributed by atoms with van der Waals surface area (Å²) >= 11 is 11.5. The maximum Gasteiger partial charge on any atom is 0.356 e. The molecule has 0 atom stereocenters. The lowest BCUT2D eigenvalue weighted by Gasteiger charge is -2.10. The van der Waals surface area contributed by atoms with E-state index < -0.39 is 21.7 Å². The number of anilines is 1. The van der Waals surface area contributed by atoms with E-state index in [0.717, 1.165) is 0 Å². The number of sulfonamides is 1. The Balaban J connectivity index is 2.42. The minimum absolute atomic E-state index is 0.0733. The zero-order valence-corrected chi connectivity index (χ0v) is 12.6.